The molecule has 150 valence electrons. The second-order valence-electron chi connectivity index (χ2n) is 6.84. The van der Waals surface area contributed by atoms with Gasteiger partial charge in [-0.05, 0) is 31.2 Å². The van der Waals surface area contributed by atoms with Gasteiger partial charge in [-0.3, -0.25) is 4.79 Å². The van der Waals surface area contributed by atoms with Gasteiger partial charge in [-0.1, -0.05) is 17.7 Å². The summed E-state index contributed by atoms with van der Waals surface area (Å²) in [6.07, 6.45) is 1.71. The lowest BCUT2D eigenvalue weighted by Crippen LogP contribution is -2.41. The van der Waals surface area contributed by atoms with Crippen LogP contribution in [0, 0.1) is 6.92 Å². The number of carbonyl (C=O) groups is 1. The first-order valence-electron chi connectivity index (χ1n) is 9.38. The Labute approximate surface area is 166 Å². The Morgan fingerprint density at radius 1 is 0.929 bits per heavy atom. The van der Waals surface area contributed by atoms with Gasteiger partial charge in [0.05, 0.1) is 21.3 Å². The first-order valence-corrected chi connectivity index (χ1v) is 9.38. The lowest BCUT2D eigenvalue weighted by atomic mass is 10.1. The molecule has 1 aliphatic rings. The second-order valence-corrected chi connectivity index (χ2v) is 6.84. The summed E-state index contributed by atoms with van der Waals surface area (Å²) in [5, 5.41) is 0. The molecule has 0 saturated carbocycles. The van der Waals surface area contributed by atoms with Crippen LogP contribution in [-0.2, 0) is 0 Å². The number of ether oxygens (including phenoxy) is 4. The van der Waals surface area contributed by atoms with Crippen LogP contribution >= 0.6 is 0 Å². The molecule has 1 fully saturated rings. The minimum Gasteiger partial charge on any atom is -0.493 e. The fraction of sp³-hybridized carbons (Fsp3) is 0.409. The molecule has 6 heteroatoms. The summed E-state index contributed by atoms with van der Waals surface area (Å²) >= 11 is 0. The molecular weight excluding hydrogens is 358 g/mol. The van der Waals surface area contributed by atoms with Crippen LogP contribution in [0.1, 0.15) is 28.8 Å². The van der Waals surface area contributed by atoms with Gasteiger partial charge < -0.3 is 23.8 Å². The molecule has 0 aromatic heterocycles. The predicted molar refractivity (Wildman–Crippen MR) is 107 cm³/mol. The van der Waals surface area contributed by atoms with E-state index in [1.807, 2.05) is 29.2 Å². The van der Waals surface area contributed by atoms with Crippen molar-refractivity contribution in [2.45, 2.75) is 25.9 Å². The van der Waals surface area contributed by atoms with Crippen molar-refractivity contribution in [2.24, 2.45) is 0 Å². The molecule has 0 spiro atoms. The van der Waals surface area contributed by atoms with Crippen molar-refractivity contribution in [3.8, 4) is 23.0 Å². The molecule has 1 saturated heterocycles. The van der Waals surface area contributed by atoms with E-state index in [9.17, 15) is 4.79 Å². The van der Waals surface area contributed by atoms with Crippen LogP contribution in [0.4, 0.5) is 0 Å². The van der Waals surface area contributed by atoms with Crippen molar-refractivity contribution >= 4 is 5.91 Å². The average Bonchev–Trinajstić information content (AvgIpc) is 2.74. The summed E-state index contributed by atoms with van der Waals surface area (Å²) in [5.74, 6) is 2.25. The summed E-state index contributed by atoms with van der Waals surface area (Å²) < 4.78 is 22.1. The van der Waals surface area contributed by atoms with Crippen molar-refractivity contribution in [2.75, 3.05) is 34.4 Å². The van der Waals surface area contributed by atoms with Gasteiger partial charge >= 0.3 is 0 Å². The monoisotopic (exact) mass is 385 g/mol. The Bertz CT molecular complexity index is 785. The van der Waals surface area contributed by atoms with Gasteiger partial charge in [-0.15, -0.1) is 0 Å². The van der Waals surface area contributed by atoms with E-state index in [0.29, 0.717) is 35.9 Å². The van der Waals surface area contributed by atoms with E-state index in [1.54, 1.807) is 33.5 Å². The molecular formula is C22H27NO5. The quantitative estimate of drug-likeness (QED) is 0.759. The van der Waals surface area contributed by atoms with Crippen molar-refractivity contribution < 1.29 is 23.7 Å². The number of aryl methyl sites for hydroxylation is 1. The first-order chi connectivity index (χ1) is 13.5. The highest BCUT2D eigenvalue weighted by Crippen LogP contribution is 2.38. The standard InChI is InChI=1S/C22H27NO5/c1-15-5-7-17(8-6-15)28-18-9-11-23(12-10-18)22(24)16-13-19(25-2)21(27-4)20(14-16)26-3/h5-8,13-14,18H,9-12H2,1-4H3. The topological polar surface area (TPSA) is 57.2 Å². The largest absolute Gasteiger partial charge is 0.493 e. The fourth-order valence-corrected chi connectivity index (χ4v) is 3.37. The number of likely N-dealkylation sites (tertiary alicyclic amines) is 1. The first kappa shape index (κ1) is 19.9. The lowest BCUT2D eigenvalue weighted by Gasteiger charge is -2.32. The zero-order chi connectivity index (χ0) is 20.1. The molecule has 0 N–H and O–H groups in total. The van der Waals surface area contributed by atoms with Gasteiger partial charge in [0.15, 0.2) is 11.5 Å². The fourth-order valence-electron chi connectivity index (χ4n) is 3.37. The Kier molecular flexibility index (Phi) is 6.29. The number of hydrogen-bond donors (Lipinski definition) is 0. The highest BCUT2D eigenvalue weighted by atomic mass is 16.5. The maximum Gasteiger partial charge on any atom is 0.254 e. The van der Waals surface area contributed by atoms with Crippen LogP contribution in [0.15, 0.2) is 36.4 Å². The van der Waals surface area contributed by atoms with Crippen molar-refractivity contribution in [1.29, 1.82) is 0 Å². The van der Waals surface area contributed by atoms with E-state index in [1.165, 1.54) is 5.56 Å². The Morgan fingerprint density at radius 2 is 1.50 bits per heavy atom. The number of amides is 1. The number of rotatable bonds is 6. The Morgan fingerprint density at radius 3 is 2.00 bits per heavy atom. The van der Waals surface area contributed by atoms with E-state index in [-0.39, 0.29) is 12.0 Å². The molecule has 1 amide bonds. The van der Waals surface area contributed by atoms with Crippen LogP contribution < -0.4 is 18.9 Å². The second kappa shape index (κ2) is 8.87. The number of carbonyl (C=O) groups excluding carboxylic acids is 1. The van der Waals surface area contributed by atoms with Crippen molar-refractivity contribution in [3.05, 3.63) is 47.5 Å². The third kappa shape index (κ3) is 4.32. The summed E-state index contributed by atoms with van der Waals surface area (Å²) in [7, 11) is 4.62. The van der Waals surface area contributed by atoms with Crippen LogP contribution in [0.3, 0.4) is 0 Å². The number of nitrogens with zero attached hydrogens (tertiary/aromatic N) is 1. The minimum atomic E-state index is -0.0481. The van der Waals surface area contributed by atoms with Gasteiger partial charge in [0.25, 0.3) is 5.91 Å². The number of methoxy groups -OCH3 is 3. The summed E-state index contributed by atoms with van der Waals surface area (Å²) in [6.45, 7) is 3.34. The molecule has 0 bridgehead atoms. The van der Waals surface area contributed by atoms with Gasteiger partial charge in [0.2, 0.25) is 5.75 Å². The molecule has 0 aliphatic carbocycles. The Hall–Kier alpha value is -2.89. The average molecular weight is 385 g/mol. The van der Waals surface area contributed by atoms with E-state index in [4.69, 9.17) is 18.9 Å². The summed E-state index contributed by atoms with van der Waals surface area (Å²) in [4.78, 5) is 14.8. The number of benzene rings is 2. The maximum atomic E-state index is 13.0. The van der Waals surface area contributed by atoms with E-state index in [2.05, 4.69) is 6.92 Å². The maximum absolute atomic E-state index is 13.0. The summed E-state index contributed by atoms with van der Waals surface area (Å²) in [5.41, 5.74) is 1.73. The molecule has 0 atom stereocenters. The predicted octanol–water partition coefficient (Wildman–Crippen LogP) is 3.70. The van der Waals surface area contributed by atoms with Crippen molar-refractivity contribution in [1.82, 2.24) is 4.90 Å². The molecule has 3 rings (SSSR count). The molecule has 1 heterocycles. The van der Waals surface area contributed by atoms with E-state index >= 15 is 0 Å². The van der Waals surface area contributed by atoms with Gasteiger partial charge in [-0.25, -0.2) is 0 Å². The molecule has 6 nitrogen and oxygen atoms in total. The van der Waals surface area contributed by atoms with Gasteiger partial charge in [0.1, 0.15) is 11.9 Å². The van der Waals surface area contributed by atoms with Crippen LogP contribution in [0.5, 0.6) is 23.0 Å². The molecule has 1 aliphatic heterocycles. The molecule has 28 heavy (non-hydrogen) atoms. The molecule has 0 radical (unpaired) electrons. The molecule has 0 unspecified atom stereocenters. The zero-order valence-electron chi connectivity index (χ0n) is 16.9. The molecule has 2 aromatic rings. The van der Waals surface area contributed by atoms with Crippen LogP contribution in [0.2, 0.25) is 0 Å². The van der Waals surface area contributed by atoms with Crippen molar-refractivity contribution in [3.63, 3.8) is 0 Å². The van der Waals surface area contributed by atoms with Crippen LogP contribution in [-0.4, -0.2) is 51.3 Å². The normalized spacial score (nSPS) is 14.5. The van der Waals surface area contributed by atoms with Crippen LogP contribution in [0.25, 0.3) is 0 Å². The number of hydrogen-bond acceptors (Lipinski definition) is 5. The minimum absolute atomic E-state index is 0.0481. The van der Waals surface area contributed by atoms with Gasteiger partial charge in [0, 0.05) is 31.5 Å². The highest BCUT2D eigenvalue weighted by molar-refractivity contribution is 5.95. The molecule has 2 aromatic carbocycles. The third-order valence-electron chi connectivity index (χ3n) is 4.96. The smallest absolute Gasteiger partial charge is 0.254 e. The third-order valence-corrected chi connectivity index (χ3v) is 4.96. The van der Waals surface area contributed by atoms with E-state index in [0.717, 1.165) is 18.6 Å². The summed E-state index contributed by atoms with van der Waals surface area (Å²) in [6, 6.07) is 11.4. The highest BCUT2D eigenvalue weighted by Gasteiger charge is 2.26. The Balaban J connectivity index is 1.65. The van der Waals surface area contributed by atoms with E-state index < -0.39 is 0 Å². The number of piperidine rings is 1. The zero-order valence-corrected chi connectivity index (χ0v) is 16.9. The van der Waals surface area contributed by atoms with Gasteiger partial charge in [-0.2, -0.15) is 0 Å². The lowest BCUT2D eigenvalue weighted by molar-refractivity contribution is 0.0595. The SMILES string of the molecule is COc1cc(C(=O)N2CCC(Oc3ccc(C)cc3)CC2)cc(OC)c1OC.